The summed E-state index contributed by atoms with van der Waals surface area (Å²) in [7, 11) is 1.63. The first-order valence-electron chi connectivity index (χ1n) is 8.39. The number of nitrogens with zero attached hydrogens (tertiary/aromatic N) is 1. The molecule has 0 radical (unpaired) electrons. The third-order valence-electron chi connectivity index (χ3n) is 4.24. The van der Waals surface area contributed by atoms with Gasteiger partial charge in [0.1, 0.15) is 5.75 Å². The number of carbonyl (C=O) groups is 1. The van der Waals surface area contributed by atoms with E-state index in [1.807, 2.05) is 78.5 Å². The van der Waals surface area contributed by atoms with Crippen LogP contribution in [0.25, 0.3) is 0 Å². The van der Waals surface area contributed by atoms with Crippen molar-refractivity contribution in [3.05, 3.63) is 83.1 Å². The number of carbonyl (C=O) groups excluding carboxylic acids is 1. The highest BCUT2D eigenvalue weighted by Gasteiger charge is 2.18. The first kappa shape index (κ1) is 18.1. The summed E-state index contributed by atoms with van der Waals surface area (Å²) in [6.45, 7) is 1.96. The molecule has 2 aromatic carbocycles. The zero-order valence-electron chi connectivity index (χ0n) is 14.8. The van der Waals surface area contributed by atoms with Crippen LogP contribution in [0.3, 0.4) is 0 Å². The Morgan fingerprint density at radius 2 is 1.92 bits per heavy atom. The quantitative estimate of drug-likeness (QED) is 0.659. The van der Waals surface area contributed by atoms with E-state index in [1.165, 1.54) is 0 Å². The summed E-state index contributed by atoms with van der Waals surface area (Å²) in [5.74, 6) is 0.666. The highest BCUT2D eigenvalue weighted by Crippen LogP contribution is 2.28. The van der Waals surface area contributed by atoms with Crippen LogP contribution in [-0.4, -0.2) is 17.6 Å². The third kappa shape index (κ3) is 4.27. The molecule has 0 aliphatic rings. The van der Waals surface area contributed by atoms with Gasteiger partial charge in [0.2, 0.25) is 5.91 Å². The predicted octanol–water partition coefficient (Wildman–Crippen LogP) is 5.08. The number of amides is 1. The zero-order valence-corrected chi connectivity index (χ0v) is 15.5. The number of hydrogen-bond donors (Lipinski definition) is 1. The maximum Gasteiger partial charge on any atom is 0.226 e. The number of halogens is 1. The molecule has 1 N–H and O–H groups in total. The third-order valence-corrected chi connectivity index (χ3v) is 4.56. The van der Waals surface area contributed by atoms with Crippen LogP contribution in [0.5, 0.6) is 5.75 Å². The molecular formula is C21H21ClN2O2. The Morgan fingerprint density at radius 3 is 2.62 bits per heavy atom. The number of ether oxygens (including phenoxy) is 1. The van der Waals surface area contributed by atoms with E-state index in [9.17, 15) is 4.79 Å². The van der Waals surface area contributed by atoms with Crippen molar-refractivity contribution in [3.63, 3.8) is 0 Å². The van der Waals surface area contributed by atoms with E-state index in [2.05, 4.69) is 5.32 Å². The van der Waals surface area contributed by atoms with Gasteiger partial charge in [-0.05, 0) is 54.4 Å². The van der Waals surface area contributed by atoms with E-state index in [0.717, 1.165) is 16.9 Å². The lowest BCUT2D eigenvalue weighted by molar-refractivity contribution is -0.116. The van der Waals surface area contributed by atoms with Gasteiger partial charge < -0.3 is 14.6 Å². The minimum atomic E-state index is -0.135. The first-order valence-corrected chi connectivity index (χ1v) is 8.77. The van der Waals surface area contributed by atoms with Crippen LogP contribution in [-0.2, 0) is 4.79 Å². The van der Waals surface area contributed by atoms with Gasteiger partial charge in [0, 0.05) is 12.4 Å². The van der Waals surface area contributed by atoms with Crippen molar-refractivity contribution in [1.29, 1.82) is 0 Å². The molecule has 3 aromatic rings. The summed E-state index contributed by atoms with van der Waals surface area (Å²) < 4.78 is 7.34. The van der Waals surface area contributed by atoms with Crippen LogP contribution in [0.1, 0.15) is 23.6 Å². The number of nitrogens with one attached hydrogen (secondary N) is 1. The number of hydrogen-bond acceptors (Lipinski definition) is 2. The average Bonchev–Trinajstić information content (AvgIpc) is 3.16. The lowest BCUT2D eigenvalue weighted by Gasteiger charge is -2.20. The minimum absolute atomic E-state index is 0.0997. The fourth-order valence-electron chi connectivity index (χ4n) is 2.90. The van der Waals surface area contributed by atoms with Gasteiger partial charge in [0.25, 0.3) is 0 Å². The Bertz CT molecular complexity index is 891. The molecule has 0 saturated carbocycles. The van der Waals surface area contributed by atoms with Gasteiger partial charge in [-0.15, -0.1) is 0 Å². The Balaban J connectivity index is 1.82. The number of anilines is 1. The topological polar surface area (TPSA) is 43.3 Å². The highest BCUT2D eigenvalue weighted by molar-refractivity contribution is 6.33. The molecule has 0 fully saturated rings. The lowest BCUT2D eigenvalue weighted by Crippen LogP contribution is -2.19. The van der Waals surface area contributed by atoms with Crippen molar-refractivity contribution >= 4 is 23.2 Å². The molecule has 1 heterocycles. The molecule has 1 amide bonds. The maximum absolute atomic E-state index is 12.7. The standard InChI is InChI=1S/C21H21ClN2O2/c1-15-8-9-19(18(22)12-15)23-21(25)14-20(24-10-3-4-11-24)16-6-5-7-17(13-16)26-2/h3-13,20H,14H2,1-2H3,(H,23,25)/t20-/m0/s1. The van der Waals surface area contributed by atoms with E-state index >= 15 is 0 Å². The number of aryl methyl sites for hydroxylation is 1. The lowest BCUT2D eigenvalue weighted by atomic mass is 10.0. The van der Waals surface area contributed by atoms with Crippen molar-refractivity contribution in [2.24, 2.45) is 0 Å². The summed E-state index contributed by atoms with van der Waals surface area (Å²) in [6.07, 6.45) is 4.19. The van der Waals surface area contributed by atoms with Crippen LogP contribution in [0.2, 0.25) is 5.02 Å². The van der Waals surface area contributed by atoms with Crippen molar-refractivity contribution in [3.8, 4) is 5.75 Å². The van der Waals surface area contributed by atoms with Crippen LogP contribution in [0, 0.1) is 6.92 Å². The fourth-order valence-corrected chi connectivity index (χ4v) is 3.18. The normalized spacial score (nSPS) is 11.8. The van der Waals surface area contributed by atoms with E-state index < -0.39 is 0 Å². The van der Waals surface area contributed by atoms with Crippen molar-refractivity contribution in [2.45, 2.75) is 19.4 Å². The smallest absolute Gasteiger partial charge is 0.226 e. The monoisotopic (exact) mass is 368 g/mol. The van der Waals surface area contributed by atoms with Crippen LogP contribution >= 0.6 is 11.6 Å². The van der Waals surface area contributed by atoms with Crippen LogP contribution in [0.4, 0.5) is 5.69 Å². The van der Waals surface area contributed by atoms with Gasteiger partial charge in [-0.3, -0.25) is 4.79 Å². The van der Waals surface area contributed by atoms with Gasteiger partial charge in [-0.1, -0.05) is 29.8 Å². The fraction of sp³-hybridized carbons (Fsp3) is 0.190. The second-order valence-corrected chi connectivity index (χ2v) is 6.57. The Morgan fingerprint density at radius 1 is 1.15 bits per heavy atom. The molecule has 0 bridgehead atoms. The summed E-state index contributed by atoms with van der Waals surface area (Å²) >= 11 is 6.23. The second-order valence-electron chi connectivity index (χ2n) is 6.16. The number of rotatable bonds is 6. The van der Waals surface area contributed by atoms with E-state index in [0.29, 0.717) is 10.7 Å². The Kier molecular flexibility index (Phi) is 5.64. The van der Waals surface area contributed by atoms with Crippen LogP contribution < -0.4 is 10.1 Å². The number of methoxy groups -OCH3 is 1. The van der Waals surface area contributed by atoms with Gasteiger partial charge in [-0.25, -0.2) is 0 Å². The Hall–Kier alpha value is -2.72. The predicted molar refractivity (Wildman–Crippen MR) is 105 cm³/mol. The molecule has 0 saturated heterocycles. The molecule has 5 heteroatoms. The summed E-state index contributed by atoms with van der Waals surface area (Å²) in [5, 5.41) is 3.45. The van der Waals surface area contributed by atoms with Gasteiger partial charge in [-0.2, -0.15) is 0 Å². The van der Waals surface area contributed by atoms with Crippen molar-refractivity contribution in [1.82, 2.24) is 4.57 Å². The van der Waals surface area contributed by atoms with Crippen molar-refractivity contribution in [2.75, 3.05) is 12.4 Å². The summed E-state index contributed by atoms with van der Waals surface area (Å²) in [4.78, 5) is 12.7. The Labute approximate surface area is 158 Å². The molecule has 1 aromatic heterocycles. The molecular weight excluding hydrogens is 348 g/mol. The SMILES string of the molecule is COc1cccc([C@H](CC(=O)Nc2ccc(C)cc2Cl)n2cccc2)c1. The summed E-state index contributed by atoms with van der Waals surface area (Å²) in [6, 6.07) is 17.1. The van der Waals surface area contributed by atoms with E-state index in [4.69, 9.17) is 16.3 Å². The van der Waals surface area contributed by atoms with E-state index in [1.54, 1.807) is 7.11 Å². The van der Waals surface area contributed by atoms with Gasteiger partial charge >= 0.3 is 0 Å². The second kappa shape index (κ2) is 8.11. The average molecular weight is 369 g/mol. The number of benzene rings is 2. The van der Waals surface area contributed by atoms with Crippen LogP contribution in [0.15, 0.2) is 67.0 Å². The van der Waals surface area contributed by atoms with Gasteiger partial charge in [0.15, 0.2) is 0 Å². The molecule has 1 atom stereocenters. The first-order chi connectivity index (χ1) is 12.6. The number of aromatic nitrogens is 1. The largest absolute Gasteiger partial charge is 0.497 e. The molecule has 26 heavy (non-hydrogen) atoms. The maximum atomic E-state index is 12.7. The molecule has 134 valence electrons. The van der Waals surface area contributed by atoms with Crippen molar-refractivity contribution < 1.29 is 9.53 Å². The molecule has 4 nitrogen and oxygen atoms in total. The highest BCUT2D eigenvalue weighted by atomic mass is 35.5. The minimum Gasteiger partial charge on any atom is -0.497 e. The molecule has 0 unspecified atom stereocenters. The summed E-state index contributed by atoms with van der Waals surface area (Å²) in [5.41, 5.74) is 2.68. The molecule has 0 aliphatic carbocycles. The molecule has 0 aliphatic heterocycles. The molecule has 0 spiro atoms. The zero-order chi connectivity index (χ0) is 18.5. The van der Waals surface area contributed by atoms with Gasteiger partial charge in [0.05, 0.1) is 30.3 Å². The molecule has 3 rings (SSSR count). The van der Waals surface area contributed by atoms with E-state index in [-0.39, 0.29) is 18.4 Å².